The number of methoxy groups -OCH3 is 1. The summed E-state index contributed by atoms with van der Waals surface area (Å²) in [6, 6.07) is 3.45. The Kier molecular flexibility index (Phi) is 6.30. The molecule has 0 aliphatic heterocycles. The Bertz CT molecular complexity index is 923. The number of nitrogens with zero attached hydrogens (tertiary/aromatic N) is 2. The van der Waals surface area contributed by atoms with Crippen molar-refractivity contribution in [3.8, 4) is 5.75 Å². The molecule has 162 valence electrons. The van der Waals surface area contributed by atoms with Gasteiger partial charge in [0.1, 0.15) is 17.1 Å². The van der Waals surface area contributed by atoms with E-state index < -0.39 is 17.7 Å². The first-order valence-electron chi connectivity index (χ1n) is 9.33. The van der Waals surface area contributed by atoms with Crippen molar-refractivity contribution in [1.29, 1.82) is 0 Å². The maximum Gasteiger partial charge on any atom is 0.421 e. The standard InChI is InChI=1S/C19H22F3N5O3/c1-30-15-8-10(17(28)29)6-7-14(15)26-18-24-9-11(19(20,21)22)16(27-18)25-13-5-3-2-4-12(13)23/h6-9,12-13H,2-5,23H2,1H3,(H,28,29)(H2,24,25,26,27). The molecule has 0 saturated heterocycles. The molecule has 2 unspecified atom stereocenters. The third-order valence-electron chi connectivity index (χ3n) is 4.93. The molecule has 8 nitrogen and oxygen atoms in total. The van der Waals surface area contributed by atoms with Crippen LogP contribution in [0.1, 0.15) is 41.6 Å². The summed E-state index contributed by atoms with van der Waals surface area (Å²) in [6.07, 6.45) is -0.757. The molecule has 0 radical (unpaired) electrons. The lowest BCUT2D eigenvalue weighted by molar-refractivity contribution is -0.137. The number of ether oxygens (including phenoxy) is 1. The van der Waals surface area contributed by atoms with Crippen LogP contribution in [-0.2, 0) is 6.18 Å². The molecular formula is C19H22F3N5O3. The van der Waals surface area contributed by atoms with E-state index >= 15 is 0 Å². The summed E-state index contributed by atoms with van der Waals surface area (Å²) in [5.41, 5.74) is 5.38. The number of carboxylic acid groups (broad SMARTS) is 1. The number of benzene rings is 1. The van der Waals surface area contributed by atoms with Crippen LogP contribution in [0, 0.1) is 0 Å². The maximum absolute atomic E-state index is 13.4. The summed E-state index contributed by atoms with van der Waals surface area (Å²) in [5, 5.41) is 14.7. The van der Waals surface area contributed by atoms with Crippen molar-refractivity contribution in [2.75, 3.05) is 17.7 Å². The zero-order chi connectivity index (χ0) is 21.9. The van der Waals surface area contributed by atoms with Crippen LogP contribution in [0.4, 0.5) is 30.6 Å². The lowest BCUT2D eigenvalue weighted by Crippen LogP contribution is -2.43. The van der Waals surface area contributed by atoms with Crippen LogP contribution in [0.15, 0.2) is 24.4 Å². The first-order valence-corrected chi connectivity index (χ1v) is 9.33. The van der Waals surface area contributed by atoms with Gasteiger partial charge in [0.2, 0.25) is 5.95 Å². The molecular weight excluding hydrogens is 403 g/mol. The minimum absolute atomic E-state index is 0.000575. The first-order chi connectivity index (χ1) is 14.2. The minimum atomic E-state index is -4.64. The highest BCUT2D eigenvalue weighted by Gasteiger charge is 2.36. The van der Waals surface area contributed by atoms with Gasteiger partial charge in [-0.15, -0.1) is 0 Å². The third kappa shape index (κ3) is 4.90. The first kappa shape index (κ1) is 21.6. The van der Waals surface area contributed by atoms with E-state index in [1.807, 2.05) is 0 Å². The Balaban J connectivity index is 1.92. The number of nitrogens with one attached hydrogen (secondary N) is 2. The van der Waals surface area contributed by atoms with Crippen molar-refractivity contribution in [3.05, 3.63) is 35.5 Å². The minimum Gasteiger partial charge on any atom is -0.495 e. The number of aromatic nitrogens is 2. The molecule has 0 amide bonds. The van der Waals surface area contributed by atoms with Gasteiger partial charge in [-0.05, 0) is 31.0 Å². The summed E-state index contributed by atoms with van der Waals surface area (Å²) in [5.74, 6) is -1.41. The van der Waals surface area contributed by atoms with Crippen LogP contribution in [0.2, 0.25) is 0 Å². The SMILES string of the molecule is COc1cc(C(=O)O)ccc1Nc1ncc(C(F)(F)F)c(NC2CCCCC2N)n1. The van der Waals surface area contributed by atoms with E-state index in [-0.39, 0.29) is 35.2 Å². The molecule has 1 fully saturated rings. The van der Waals surface area contributed by atoms with Gasteiger partial charge in [-0.3, -0.25) is 0 Å². The summed E-state index contributed by atoms with van der Waals surface area (Å²) < 4.78 is 45.5. The molecule has 0 spiro atoms. The van der Waals surface area contributed by atoms with Gasteiger partial charge in [0, 0.05) is 18.3 Å². The van der Waals surface area contributed by atoms with Crippen LogP contribution in [0.25, 0.3) is 0 Å². The quantitative estimate of drug-likeness (QED) is 0.554. The van der Waals surface area contributed by atoms with Gasteiger partial charge in [0.25, 0.3) is 0 Å². The fourth-order valence-corrected chi connectivity index (χ4v) is 3.32. The zero-order valence-electron chi connectivity index (χ0n) is 16.2. The van der Waals surface area contributed by atoms with Crippen LogP contribution in [0.3, 0.4) is 0 Å². The summed E-state index contributed by atoms with van der Waals surface area (Å²) in [6.45, 7) is 0. The summed E-state index contributed by atoms with van der Waals surface area (Å²) in [7, 11) is 1.34. The van der Waals surface area contributed by atoms with Crippen molar-refractivity contribution < 1.29 is 27.8 Å². The fourth-order valence-electron chi connectivity index (χ4n) is 3.32. The molecule has 1 aliphatic carbocycles. The van der Waals surface area contributed by atoms with Gasteiger partial charge in [0.05, 0.1) is 18.4 Å². The number of rotatable bonds is 6. The van der Waals surface area contributed by atoms with E-state index in [4.69, 9.17) is 15.6 Å². The molecule has 5 N–H and O–H groups in total. The number of alkyl halides is 3. The number of aromatic carboxylic acids is 1. The van der Waals surface area contributed by atoms with Gasteiger partial charge in [-0.2, -0.15) is 18.2 Å². The van der Waals surface area contributed by atoms with Crippen LogP contribution in [0.5, 0.6) is 5.75 Å². The topological polar surface area (TPSA) is 122 Å². The van der Waals surface area contributed by atoms with Gasteiger partial charge in [0.15, 0.2) is 0 Å². The van der Waals surface area contributed by atoms with Crippen LogP contribution in [-0.4, -0.2) is 40.2 Å². The highest BCUT2D eigenvalue weighted by atomic mass is 19.4. The number of hydrogen-bond acceptors (Lipinski definition) is 7. The predicted molar refractivity (Wildman–Crippen MR) is 104 cm³/mol. The average molecular weight is 425 g/mol. The fraction of sp³-hybridized carbons (Fsp3) is 0.421. The van der Waals surface area contributed by atoms with E-state index in [1.165, 1.54) is 25.3 Å². The van der Waals surface area contributed by atoms with Gasteiger partial charge < -0.3 is 26.2 Å². The smallest absolute Gasteiger partial charge is 0.421 e. The Morgan fingerprint density at radius 3 is 2.67 bits per heavy atom. The molecule has 0 bridgehead atoms. The highest BCUT2D eigenvalue weighted by molar-refractivity contribution is 5.89. The largest absolute Gasteiger partial charge is 0.495 e. The lowest BCUT2D eigenvalue weighted by Gasteiger charge is -2.30. The van der Waals surface area contributed by atoms with Crippen molar-refractivity contribution >= 4 is 23.4 Å². The third-order valence-corrected chi connectivity index (χ3v) is 4.93. The molecule has 11 heteroatoms. The number of anilines is 3. The molecule has 1 saturated carbocycles. The Hall–Kier alpha value is -3.08. The monoisotopic (exact) mass is 425 g/mol. The molecule has 2 aromatic rings. The Morgan fingerprint density at radius 1 is 1.30 bits per heavy atom. The average Bonchev–Trinajstić information content (AvgIpc) is 2.69. The van der Waals surface area contributed by atoms with E-state index in [2.05, 4.69) is 20.6 Å². The summed E-state index contributed by atoms with van der Waals surface area (Å²) in [4.78, 5) is 18.9. The van der Waals surface area contributed by atoms with Crippen LogP contribution >= 0.6 is 0 Å². The molecule has 1 aliphatic rings. The lowest BCUT2D eigenvalue weighted by atomic mass is 9.91. The van der Waals surface area contributed by atoms with E-state index in [9.17, 15) is 18.0 Å². The second-order valence-corrected chi connectivity index (χ2v) is 7.00. The Morgan fingerprint density at radius 2 is 2.03 bits per heavy atom. The second-order valence-electron chi connectivity index (χ2n) is 7.00. The van der Waals surface area contributed by atoms with Gasteiger partial charge >= 0.3 is 12.1 Å². The molecule has 3 rings (SSSR count). The van der Waals surface area contributed by atoms with Crippen molar-refractivity contribution in [3.63, 3.8) is 0 Å². The molecule has 1 aromatic carbocycles. The normalized spacial score (nSPS) is 19.2. The van der Waals surface area contributed by atoms with Crippen molar-refractivity contribution in [1.82, 2.24) is 9.97 Å². The van der Waals surface area contributed by atoms with Gasteiger partial charge in [-0.25, -0.2) is 9.78 Å². The zero-order valence-corrected chi connectivity index (χ0v) is 16.2. The van der Waals surface area contributed by atoms with Crippen molar-refractivity contribution in [2.45, 2.75) is 43.9 Å². The molecule has 2 atom stereocenters. The number of hydrogen-bond donors (Lipinski definition) is 4. The molecule has 30 heavy (non-hydrogen) atoms. The number of carboxylic acids is 1. The summed E-state index contributed by atoms with van der Waals surface area (Å²) >= 11 is 0. The second kappa shape index (κ2) is 8.74. The number of nitrogens with two attached hydrogens (primary N) is 1. The number of carbonyl (C=O) groups is 1. The maximum atomic E-state index is 13.4. The predicted octanol–water partition coefficient (Wildman–Crippen LogP) is 3.63. The van der Waals surface area contributed by atoms with E-state index in [1.54, 1.807) is 0 Å². The number of halogens is 3. The van der Waals surface area contributed by atoms with E-state index in [0.29, 0.717) is 18.3 Å². The van der Waals surface area contributed by atoms with E-state index in [0.717, 1.165) is 19.3 Å². The highest BCUT2D eigenvalue weighted by Crippen LogP contribution is 2.36. The Labute approximate surface area is 170 Å². The molecule has 1 aromatic heterocycles. The van der Waals surface area contributed by atoms with Gasteiger partial charge in [-0.1, -0.05) is 12.8 Å². The van der Waals surface area contributed by atoms with Crippen LogP contribution < -0.4 is 21.1 Å². The van der Waals surface area contributed by atoms with Crippen molar-refractivity contribution in [2.24, 2.45) is 5.73 Å². The molecule has 1 heterocycles.